The first-order valence-corrected chi connectivity index (χ1v) is 7.16. The number of sulfone groups is 1. The molecule has 3 unspecified atom stereocenters. The van der Waals surface area contributed by atoms with Crippen molar-refractivity contribution in [2.75, 3.05) is 11.5 Å². The van der Waals surface area contributed by atoms with Crippen LogP contribution in [-0.4, -0.2) is 19.9 Å². The Morgan fingerprint density at radius 1 is 1.07 bits per heavy atom. The Kier molecular flexibility index (Phi) is 3.01. The third-order valence-corrected chi connectivity index (χ3v) is 5.50. The fourth-order valence-corrected chi connectivity index (χ4v) is 5.07. The zero-order valence-corrected chi connectivity index (χ0v) is 10.7. The molecule has 84 valence electrons. The maximum absolute atomic E-state index is 11.7. The molecule has 0 amide bonds. The molecule has 0 N–H and O–H groups in total. The van der Waals surface area contributed by atoms with Crippen molar-refractivity contribution in [1.29, 1.82) is 0 Å². The van der Waals surface area contributed by atoms with Crippen molar-refractivity contribution >= 4 is 9.84 Å². The Bertz CT molecular complexity index is 298. The van der Waals surface area contributed by atoms with Crippen LogP contribution in [-0.2, 0) is 9.84 Å². The van der Waals surface area contributed by atoms with Crippen molar-refractivity contribution in [2.45, 2.75) is 34.6 Å². The molecule has 1 aliphatic rings. The Morgan fingerprint density at radius 3 is 2.00 bits per heavy atom. The quantitative estimate of drug-likeness (QED) is 0.625. The lowest BCUT2D eigenvalue weighted by Crippen LogP contribution is -2.43. The number of hydrogen-bond donors (Lipinski definition) is 0. The van der Waals surface area contributed by atoms with E-state index in [4.69, 9.17) is 0 Å². The van der Waals surface area contributed by atoms with Gasteiger partial charge in [-0.25, -0.2) is 8.42 Å². The molecule has 0 aromatic carbocycles. The molecule has 0 spiro atoms. The summed E-state index contributed by atoms with van der Waals surface area (Å²) >= 11 is 0. The molecule has 1 heterocycles. The van der Waals surface area contributed by atoms with Gasteiger partial charge in [0.05, 0.1) is 11.5 Å². The smallest absolute Gasteiger partial charge is 0.150 e. The highest BCUT2D eigenvalue weighted by molar-refractivity contribution is 7.91. The van der Waals surface area contributed by atoms with Crippen molar-refractivity contribution in [3.05, 3.63) is 0 Å². The zero-order chi connectivity index (χ0) is 11.1. The van der Waals surface area contributed by atoms with Crippen LogP contribution in [0.15, 0.2) is 0 Å². The van der Waals surface area contributed by atoms with Crippen LogP contribution in [0.25, 0.3) is 0 Å². The first kappa shape index (κ1) is 12.0. The lowest BCUT2D eigenvalue weighted by molar-refractivity contribution is 0.147. The molecule has 1 rings (SSSR count). The molecular formula is C11H22O2S. The van der Waals surface area contributed by atoms with Gasteiger partial charge in [0.15, 0.2) is 9.84 Å². The van der Waals surface area contributed by atoms with E-state index in [9.17, 15) is 8.42 Å². The topological polar surface area (TPSA) is 34.1 Å². The Labute approximate surface area is 88.0 Å². The Hall–Kier alpha value is -0.0500. The predicted octanol–water partition coefficient (Wildman–Crippen LogP) is 2.35. The van der Waals surface area contributed by atoms with E-state index >= 15 is 0 Å². The molecule has 0 aliphatic carbocycles. The SMILES string of the molecule is CC1CS(=O)(=O)CC(C(C)(C)C)C1C. The van der Waals surface area contributed by atoms with E-state index in [1.807, 2.05) is 0 Å². The van der Waals surface area contributed by atoms with Gasteiger partial charge in [0, 0.05) is 0 Å². The molecule has 0 radical (unpaired) electrons. The summed E-state index contributed by atoms with van der Waals surface area (Å²) < 4.78 is 23.3. The standard InChI is InChI=1S/C11H22O2S/c1-8-6-14(12,13)7-10(9(8)2)11(3,4)5/h8-10H,6-7H2,1-5H3. The molecule has 3 atom stereocenters. The summed E-state index contributed by atoms with van der Waals surface area (Å²) in [6.07, 6.45) is 0. The largest absolute Gasteiger partial charge is 0.229 e. The minimum absolute atomic E-state index is 0.0984. The van der Waals surface area contributed by atoms with Crippen LogP contribution in [0.2, 0.25) is 0 Å². The van der Waals surface area contributed by atoms with Crippen LogP contribution in [0.5, 0.6) is 0 Å². The van der Waals surface area contributed by atoms with Gasteiger partial charge in [-0.1, -0.05) is 34.6 Å². The van der Waals surface area contributed by atoms with Gasteiger partial charge in [-0.2, -0.15) is 0 Å². The van der Waals surface area contributed by atoms with Crippen LogP contribution < -0.4 is 0 Å². The summed E-state index contributed by atoms with van der Waals surface area (Å²) in [6.45, 7) is 10.7. The van der Waals surface area contributed by atoms with E-state index in [1.54, 1.807) is 0 Å². The molecular weight excluding hydrogens is 196 g/mol. The van der Waals surface area contributed by atoms with Gasteiger partial charge >= 0.3 is 0 Å². The molecule has 14 heavy (non-hydrogen) atoms. The Morgan fingerprint density at radius 2 is 1.57 bits per heavy atom. The van der Waals surface area contributed by atoms with E-state index < -0.39 is 9.84 Å². The second-order valence-corrected chi connectivity index (χ2v) is 8.04. The lowest BCUT2D eigenvalue weighted by Gasteiger charge is -2.41. The highest BCUT2D eigenvalue weighted by atomic mass is 32.2. The van der Waals surface area contributed by atoms with Gasteiger partial charge in [0.1, 0.15) is 0 Å². The van der Waals surface area contributed by atoms with Crippen LogP contribution in [0, 0.1) is 23.2 Å². The van der Waals surface area contributed by atoms with Crippen molar-refractivity contribution in [3.8, 4) is 0 Å². The minimum atomic E-state index is -2.80. The van der Waals surface area contributed by atoms with E-state index in [1.165, 1.54) is 0 Å². The van der Waals surface area contributed by atoms with Gasteiger partial charge in [0.2, 0.25) is 0 Å². The van der Waals surface area contributed by atoms with Crippen molar-refractivity contribution < 1.29 is 8.42 Å². The fourth-order valence-electron chi connectivity index (χ4n) is 2.48. The van der Waals surface area contributed by atoms with Crippen molar-refractivity contribution in [3.63, 3.8) is 0 Å². The molecule has 1 aliphatic heterocycles. The summed E-state index contributed by atoms with van der Waals surface area (Å²) in [4.78, 5) is 0. The summed E-state index contributed by atoms with van der Waals surface area (Å²) in [5.74, 6) is 1.87. The van der Waals surface area contributed by atoms with Crippen LogP contribution in [0.4, 0.5) is 0 Å². The van der Waals surface area contributed by atoms with E-state index in [0.29, 0.717) is 29.3 Å². The average Bonchev–Trinajstić information content (AvgIpc) is 1.93. The summed E-state index contributed by atoms with van der Waals surface area (Å²) in [5.41, 5.74) is 0.0984. The highest BCUT2D eigenvalue weighted by Crippen LogP contribution is 2.40. The molecule has 0 aromatic rings. The molecule has 0 saturated carbocycles. The van der Waals surface area contributed by atoms with E-state index in [-0.39, 0.29) is 5.41 Å². The van der Waals surface area contributed by atoms with Crippen molar-refractivity contribution in [1.82, 2.24) is 0 Å². The molecule has 1 saturated heterocycles. The lowest BCUT2D eigenvalue weighted by atomic mass is 9.71. The summed E-state index contributed by atoms with van der Waals surface area (Å²) in [6, 6.07) is 0. The fraction of sp³-hybridized carbons (Fsp3) is 1.00. The maximum Gasteiger partial charge on any atom is 0.150 e. The first-order valence-electron chi connectivity index (χ1n) is 5.34. The molecule has 0 bridgehead atoms. The van der Waals surface area contributed by atoms with Crippen LogP contribution >= 0.6 is 0 Å². The molecule has 0 aromatic heterocycles. The third kappa shape index (κ3) is 2.50. The van der Waals surface area contributed by atoms with E-state index in [0.717, 1.165) is 0 Å². The van der Waals surface area contributed by atoms with Gasteiger partial charge in [-0.15, -0.1) is 0 Å². The number of hydrogen-bond acceptors (Lipinski definition) is 2. The zero-order valence-electron chi connectivity index (χ0n) is 9.87. The van der Waals surface area contributed by atoms with Crippen molar-refractivity contribution in [2.24, 2.45) is 23.2 Å². The van der Waals surface area contributed by atoms with Crippen LogP contribution in [0.3, 0.4) is 0 Å². The second-order valence-electron chi connectivity index (χ2n) is 5.89. The monoisotopic (exact) mass is 218 g/mol. The van der Waals surface area contributed by atoms with Gasteiger partial charge in [0.25, 0.3) is 0 Å². The minimum Gasteiger partial charge on any atom is -0.229 e. The highest BCUT2D eigenvalue weighted by Gasteiger charge is 2.41. The first-order chi connectivity index (χ1) is 6.13. The van der Waals surface area contributed by atoms with E-state index in [2.05, 4.69) is 34.6 Å². The normalized spacial score (nSPS) is 38.2. The van der Waals surface area contributed by atoms with Gasteiger partial charge < -0.3 is 0 Å². The molecule has 3 heteroatoms. The third-order valence-electron chi connectivity index (χ3n) is 3.59. The average molecular weight is 218 g/mol. The molecule has 2 nitrogen and oxygen atoms in total. The predicted molar refractivity (Wildman–Crippen MR) is 59.9 cm³/mol. The van der Waals surface area contributed by atoms with Gasteiger partial charge in [-0.3, -0.25) is 0 Å². The second kappa shape index (κ2) is 3.51. The summed E-state index contributed by atoms with van der Waals surface area (Å²) in [5, 5.41) is 0. The maximum atomic E-state index is 11.7. The Balaban J connectivity index is 2.95. The molecule has 1 fully saturated rings. The van der Waals surface area contributed by atoms with Gasteiger partial charge in [-0.05, 0) is 23.2 Å². The van der Waals surface area contributed by atoms with Crippen LogP contribution in [0.1, 0.15) is 34.6 Å². The number of rotatable bonds is 0. The summed E-state index contributed by atoms with van der Waals surface area (Å²) in [7, 11) is -2.80.